The Hall–Kier alpha value is -0.810. The van der Waals surface area contributed by atoms with Crippen LogP contribution in [0.3, 0.4) is 0 Å². The number of rotatable bonds is 1. The fourth-order valence-electron chi connectivity index (χ4n) is 1.70. The molecule has 1 aliphatic heterocycles. The van der Waals surface area contributed by atoms with Crippen molar-refractivity contribution < 1.29 is 14.6 Å². The summed E-state index contributed by atoms with van der Waals surface area (Å²) in [5.74, 6) is 0. The van der Waals surface area contributed by atoms with E-state index in [4.69, 9.17) is 4.74 Å². The summed E-state index contributed by atoms with van der Waals surface area (Å²) < 4.78 is 5.14. The van der Waals surface area contributed by atoms with Crippen molar-refractivity contribution in [2.75, 3.05) is 20.1 Å². The number of likely N-dealkylation sites (N-methyl/N-ethyl adjacent to an activating group) is 1. The molecule has 0 aromatic heterocycles. The molecule has 0 aromatic carbocycles. The standard InChI is InChI=1S/C11H22N2O3/c1-11(2,3)16-10(15)12-8-7-13(4)6-5-9(8)14/h8-9,14H,5-7H2,1-4H3,(H,12,15). The van der Waals surface area contributed by atoms with Gasteiger partial charge in [0.25, 0.3) is 0 Å². The highest BCUT2D eigenvalue weighted by Gasteiger charge is 2.28. The van der Waals surface area contributed by atoms with E-state index in [-0.39, 0.29) is 6.04 Å². The van der Waals surface area contributed by atoms with Gasteiger partial charge in [-0.2, -0.15) is 0 Å². The second kappa shape index (κ2) is 5.01. The monoisotopic (exact) mass is 230 g/mol. The molecule has 0 aromatic rings. The van der Waals surface area contributed by atoms with Crippen molar-refractivity contribution in [3.63, 3.8) is 0 Å². The molecule has 94 valence electrons. The number of alkyl carbamates (subject to hydrolysis) is 1. The van der Waals surface area contributed by atoms with Crippen LogP contribution in [0.4, 0.5) is 4.79 Å². The Balaban J connectivity index is 2.43. The number of aliphatic hydroxyl groups excluding tert-OH is 1. The minimum absolute atomic E-state index is 0.242. The van der Waals surface area contributed by atoms with E-state index < -0.39 is 17.8 Å². The van der Waals surface area contributed by atoms with Crippen LogP contribution in [-0.2, 0) is 4.74 Å². The first-order valence-electron chi connectivity index (χ1n) is 5.64. The van der Waals surface area contributed by atoms with E-state index in [1.807, 2.05) is 27.8 Å². The summed E-state index contributed by atoms with van der Waals surface area (Å²) in [6.07, 6.45) is -0.271. The molecule has 2 N–H and O–H groups in total. The Morgan fingerprint density at radius 3 is 2.69 bits per heavy atom. The summed E-state index contributed by atoms with van der Waals surface area (Å²) >= 11 is 0. The SMILES string of the molecule is CN1CCC(O)C(NC(=O)OC(C)(C)C)C1. The van der Waals surface area contributed by atoms with Crippen molar-refractivity contribution >= 4 is 6.09 Å². The van der Waals surface area contributed by atoms with Crippen molar-refractivity contribution in [2.45, 2.75) is 44.9 Å². The first kappa shape index (κ1) is 13.3. The molecule has 16 heavy (non-hydrogen) atoms. The van der Waals surface area contributed by atoms with Gasteiger partial charge in [-0.1, -0.05) is 0 Å². The number of aliphatic hydroxyl groups is 1. The number of hydrogen-bond donors (Lipinski definition) is 2. The highest BCUT2D eigenvalue weighted by atomic mass is 16.6. The van der Waals surface area contributed by atoms with Gasteiger partial charge in [0.05, 0.1) is 12.1 Å². The van der Waals surface area contributed by atoms with E-state index in [9.17, 15) is 9.90 Å². The minimum Gasteiger partial charge on any atom is -0.444 e. The highest BCUT2D eigenvalue weighted by Crippen LogP contribution is 2.11. The normalized spacial score (nSPS) is 27.6. The topological polar surface area (TPSA) is 61.8 Å². The lowest BCUT2D eigenvalue weighted by atomic mass is 10.0. The molecule has 2 atom stereocenters. The maximum atomic E-state index is 11.5. The smallest absolute Gasteiger partial charge is 0.408 e. The quantitative estimate of drug-likeness (QED) is 0.691. The van der Waals surface area contributed by atoms with Gasteiger partial charge in [-0.3, -0.25) is 0 Å². The van der Waals surface area contributed by atoms with Crippen LogP contribution in [0.25, 0.3) is 0 Å². The predicted octanol–water partition coefficient (Wildman–Crippen LogP) is 0.576. The maximum absolute atomic E-state index is 11.5. The second-order valence-electron chi connectivity index (χ2n) is 5.37. The molecular weight excluding hydrogens is 208 g/mol. The fraction of sp³-hybridized carbons (Fsp3) is 0.909. The molecule has 0 spiro atoms. The second-order valence-corrected chi connectivity index (χ2v) is 5.37. The summed E-state index contributed by atoms with van der Waals surface area (Å²) in [6.45, 7) is 6.95. The van der Waals surface area contributed by atoms with Gasteiger partial charge < -0.3 is 20.1 Å². The minimum atomic E-state index is -0.504. The molecule has 0 saturated carbocycles. The lowest BCUT2D eigenvalue weighted by Gasteiger charge is -2.34. The van der Waals surface area contributed by atoms with Crippen molar-refractivity contribution in [2.24, 2.45) is 0 Å². The van der Waals surface area contributed by atoms with E-state index >= 15 is 0 Å². The molecule has 1 fully saturated rings. The molecular formula is C11H22N2O3. The van der Waals surface area contributed by atoms with Gasteiger partial charge in [-0.15, -0.1) is 0 Å². The number of carbonyl (C=O) groups excluding carboxylic acids is 1. The van der Waals surface area contributed by atoms with Gasteiger partial charge in [-0.25, -0.2) is 4.79 Å². The Bertz CT molecular complexity index is 250. The lowest BCUT2D eigenvalue weighted by molar-refractivity contribution is 0.0266. The highest BCUT2D eigenvalue weighted by molar-refractivity contribution is 5.68. The van der Waals surface area contributed by atoms with Gasteiger partial charge >= 0.3 is 6.09 Å². The van der Waals surface area contributed by atoms with Gasteiger partial charge in [0.1, 0.15) is 5.60 Å². The van der Waals surface area contributed by atoms with Gasteiger partial charge in [0.15, 0.2) is 0 Å². The first-order chi connectivity index (χ1) is 7.28. The number of amides is 1. The molecule has 1 aliphatic rings. The summed E-state index contributed by atoms with van der Waals surface area (Å²) in [5, 5.41) is 12.4. The van der Waals surface area contributed by atoms with Crippen LogP contribution >= 0.6 is 0 Å². The Morgan fingerprint density at radius 2 is 2.12 bits per heavy atom. The summed E-state index contributed by atoms with van der Waals surface area (Å²) in [5.41, 5.74) is -0.504. The average Bonchev–Trinajstić information content (AvgIpc) is 2.08. The fourth-order valence-corrected chi connectivity index (χ4v) is 1.70. The van der Waals surface area contributed by atoms with Gasteiger partial charge in [0, 0.05) is 13.1 Å². The van der Waals surface area contributed by atoms with Crippen LogP contribution in [0.15, 0.2) is 0 Å². The molecule has 0 bridgehead atoms. The number of likely N-dealkylation sites (tertiary alicyclic amines) is 1. The summed E-state index contributed by atoms with van der Waals surface area (Å²) in [7, 11) is 1.97. The number of piperidine rings is 1. The van der Waals surface area contributed by atoms with E-state index in [0.717, 1.165) is 6.54 Å². The van der Waals surface area contributed by atoms with Crippen LogP contribution in [0.2, 0.25) is 0 Å². The zero-order valence-electron chi connectivity index (χ0n) is 10.5. The maximum Gasteiger partial charge on any atom is 0.408 e. The zero-order valence-corrected chi connectivity index (χ0v) is 10.5. The Kier molecular flexibility index (Phi) is 4.15. The van der Waals surface area contributed by atoms with Crippen molar-refractivity contribution in [1.82, 2.24) is 10.2 Å². The molecule has 2 unspecified atom stereocenters. The van der Waals surface area contributed by atoms with Crippen LogP contribution in [-0.4, -0.2) is 54.0 Å². The number of nitrogens with zero attached hydrogens (tertiary/aromatic N) is 1. The number of carbonyl (C=O) groups is 1. The molecule has 1 rings (SSSR count). The van der Waals surface area contributed by atoms with E-state index in [0.29, 0.717) is 13.0 Å². The third kappa shape index (κ3) is 4.37. The third-order valence-electron chi connectivity index (χ3n) is 2.48. The molecule has 5 heteroatoms. The van der Waals surface area contributed by atoms with E-state index in [1.165, 1.54) is 0 Å². The lowest BCUT2D eigenvalue weighted by Crippen LogP contribution is -2.54. The number of hydrogen-bond acceptors (Lipinski definition) is 4. The van der Waals surface area contributed by atoms with Crippen LogP contribution in [0.5, 0.6) is 0 Å². The number of ether oxygens (including phenoxy) is 1. The van der Waals surface area contributed by atoms with Crippen LogP contribution in [0, 0.1) is 0 Å². The number of nitrogens with one attached hydrogen (secondary N) is 1. The Labute approximate surface area is 96.8 Å². The molecule has 1 heterocycles. The van der Waals surface area contributed by atoms with E-state index in [2.05, 4.69) is 10.2 Å². The predicted molar refractivity (Wildman–Crippen MR) is 61.3 cm³/mol. The molecule has 1 amide bonds. The van der Waals surface area contributed by atoms with E-state index in [1.54, 1.807) is 0 Å². The summed E-state index contributed by atoms with van der Waals surface area (Å²) in [6, 6.07) is -0.242. The van der Waals surface area contributed by atoms with Crippen molar-refractivity contribution in [3.8, 4) is 0 Å². The molecule has 5 nitrogen and oxygen atoms in total. The Morgan fingerprint density at radius 1 is 1.50 bits per heavy atom. The van der Waals surface area contributed by atoms with Crippen molar-refractivity contribution in [1.29, 1.82) is 0 Å². The third-order valence-corrected chi connectivity index (χ3v) is 2.48. The largest absolute Gasteiger partial charge is 0.444 e. The van der Waals surface area contributed by atoms with Crippen molar-refractivity contribution in [3.05, 3.63) is 0 Å². The van der Waals surface area contributed by atoms with Gasteiger partial charge in [-0.05, 0) is 34.2 Å². The molecule has 0 aliphatic carbocycles. The zero-order chi connectivity index (χ0) is 12.3. The van der Waals surface area contributed by atoms with Gasteiger partial charge in [0.2, 0.25) is 0 Å². The average molecular weight is 230 g/mol. The first-order valence-corrected chi connectivity index (χ1v) is 5.64. The molecule has 0 radical (unpaired) electrons. The summed E-state index contributed by atoms with van der Waals surface area (Å²) in [4.78, 5) is 13.6. The van der Waals surface area contributed by atoms with Crippen LogP contribution < -0.4 is 5.32 Å². The van der Waals surface area contributed by atoms with Crippen LogP contribution in [0.1, 0.15) is 27.2 Å². The molecule has 1 saturated heterocycles.